The summed E-state index contributed by atoms with van der Waals surface area (Å²) in [6.07, 6.45) is 0.834. The molecule has 0 aliphatic carbocycles. The van der Waals surface area contributed by atoms with Gasteiger partial charge in [0, 0.05) is 12.2 Å². The second-order valence-corrected chi connectivity index (χ2v) is 4.65. The number of H-pyrrole nitrogens is 1. The number of carboxylic acid groups (broad SMARTS) is 1. The van der Waals surface area contributed by atoms with Gasteiger partial charge in [0.2, 0.25) is 5.16 Å². The molecule has 0 fully saturated rings. The van der Waals surface area contributed by atoms with Crippen LogP contribution in [0.25, 0.3) is 0 Å². The van der Waals surface area contributed by atoms with Crippen molar-refractivity contribution >= 4 is 17.7 Å². The minimum atomic E-state index is -0.907. The monoisotopic (exact) mass is 263 g/mol. The van der Waals surface area contributed by atoms with Gasteiger partial charge in [0.1, 0.15) is 5.82 Å². The van der Waals surface area contributed by atoms with Crippen molar-refractivity contribution in [3.63, 3.8) is 0 Å². The Hall–Kier alpha value is -1.82. The van der Waals surface area contributed by atoms with Crippen molar-refractivity contribution in [2.75, 3.05) is 0 Å². The van der Waals surface area contributed by atoms with Gasteiger partial charge in [-0.05, 0) is 17.7 Å². The number of rotatable bonds is 5. The first-order valence-electron chi connectivity index (χ1n) is 5.55. The molecule has 1 heterocycles. The maximum absolute atomic E-state index is 10.7. The van der Waals surface area contributed by atoms with Gasteiger partial charge in [0.25, 0.3) is 0 Å². The molecule has 0 aliphatic rings. The Balaban J connectivity index is 1.95. The fourth-order valence-electron chi connectivity index (χ4n) is 1.39. The van der Waals surface area contributed by atoms with Crippen LogP contribution in [0.2, 0.25) is 0 Å². The number of hydrogen-bond donors (Lipinski definition) is 2. The van der Waals surface area contributed by atoms with Crippen molar-refractivity contribution in [1.29, 1.82) is 0 Å². The lowest BCUT2D eigenvalue weighted by Gasteiger charge is -1.99. The topological polar surface area (TPSA) is 78.9 Å². The summed E-state index contributed by atoms with van der Waals surface area (Å²) in [4.78, 5) is 15.0. The van der Waals surface area contributed by atoms with Crippen molar-refractivity contribution in [1.82, 2.24) is 15.2 Å². The third kappa shape index (κ3) is 3.10. The Morgan fingerprint density at radius 3 is 2.67 bits per heavy atom. The summed E-state index contributed by atoms with van der Waals surface area (Å²) < 4.78 is 0. The van der Waals surface area contributed by atoms with Gasteiger partial charge in [-0.2, -0.15) is 0 Å². The molecule has 0 aliphatic heterocycles. The molecule has 1 aromatic heterocycles. The van der Waals surface area contributed by atoms with E-state index in [1.807, 2.05) is 19.1 Å². The summed E-state index contributed by atoms with van der Waals surface area (Å²) in [5.41, 5.74) is 1.35. The minimum absolute atomic E-state index is 0.301. The minimum Gasteiger partial charge on any atom is -0.478 e. The molecule has 18 heavy (non-hydrogen) atoms. The van der Waals surface area contributed by atoms with Crippen molar-refractivity contribution in [2.45, 2.75) is 24.3 Å². The van der Waals surface area contributed by atoms with Crippen LogP contribution in [-0.2, 0) is 12.2 Å². The lowest BCUT2D eigenvalue weighted by atomic mass is 10.1. The van der Waals surface area contributed by atoms with Crippen LogP contribution in [0, 0.1) is 0 Å². The molecule has 0 unspecified atom stereocenters. The number of thioether (sulfide) groups is 1. The summed E-state index contributed by atoms with van der Waals surface area (Å²) in [5, 5.41) is 16.4. The van der Waals surface area contributed by atoms with Gasteiger partial charge >= 0.3 is 5.97 Å². The van der Waals surface area contributed by atoms with Crippen molar-refractivity contribution in [3.05, 3.63) is 41.2 Å². The lowest BCUT2D eigenvalue weighted by Crippen LogP contribution is -1.95. The highest BCUT2D eigenvalue weighted by Crippen LogP contribution is 2.19. The molecule has 0 saturated heterocycles. The fraction of sp³-hybridized carbons (Fsp3) is 0.250. The van der Waals surface area contributed by atoms with E-state index >= 15 is 0 Å². The molecule has 0 radical (unpaired) electrons. The zero-order chi connectivity index (χ0) is 13.0. The number of carbonyl (C=O) groups is 1. The smallest absolute Gasteiger partial charge is 0.335 e. The number of hydrogen-bond acceptors (Lipinski definition) is 4. The number of aryl methyl sites for hydroxylation is 1. The second kappa shape index (κ2) is 5.68. The van der Waals surface area contributed by atoms with E-state index in [1.54, 1.807) is 12.1 Å². The van der Waals surface area contributed by atoms with Crippen LogP contribution in [-0.4, -0.2) is 26.3 Å². The van der Waals surface area contributed by atoms with Crippen LogP contribution >= 0.6 is 11.8 Å². The number of aromatic nitrogens is 3. The molecule has 5 nitrogen and oxygen atoms in total. The zero-order valence-electron chi connectivity index (χ0n) is 9.88. The van der Waals surface area contributed by atoms with Crippen LogP contribution < -0.4 is 0 Å². The Morgan fingerprint density at radius 2 is 2.11 bits per heavy atom. The molecule has 0 bridgehead atoms. The van der Waals surface area contributed by atoms with Crippen molar-refractivity contribution in [2.24, 2.45) is 0 Å². The quantitative estimate of drug-likeness (QED) is 0.809. The van der Waals surface area contributed by atoms with E-state index in [-0.39, 0.29) is 0 Å². The van der Waals surface area contributed by atoms with E-state index in [0.29, 0.717) is 10.7 Å². The first kappa shape index (κ1) is 12.6. The highest BCUT2D eigenvalue weighted by molar-refractivity contribution is 7.98. The normalized spacial score (nSPS) is 10.5. The number of carboxylic acids is 1. The Labute approximate surface area is 109 Å². The standard InChI is InChI=1S/C12H13N3O2S/c1-2-10-13-12(15-14-10)18-7-8-3-5-9(6-4-8)11(16)17/h3-6H,2,7H2,1H3,(H,16,17)(H,13,14,15). The van der Waals surface area contributed by atoms with Crippen LogP contribution in [0.15, 0.2) is 29.4 Å². The molecular formula is C12H13N3O2S. The molecule has 0 amide bonds. The van der Waals surface area contributed by atoms with E-state index in [1.165, 1.54) is 11.8 Å². The first-order chi connectivity index (χ1) is 8.69. The third-order valence-electron chi connectivity index (χ3n) is 2.41. The molecule has 6 heteroatoms. The maximum atomic E-state index is 10.7. The number of aromatic carboxylic acids is 1. The third-order valence-corrected chi connectivity index (χ3v) is 3.33. The first-order valence-corrected chi connectivity index (χ1v) is 6.54. The van der Waals surface area contributed by atoms with E-state index in [9.17, 15) is 4.79 Å². The van der Waals surface area contributed by atoms with Crippen LogP contribution in [0.1, 0.15) is 28.7 Å². The zero-order valence-corrected chi connectivity index (χ0v) is 10.7. The molecule has 2 N–H and O–H groups in total. The van der Waals surface area contributed by atoms with Gasteiger partial charge in [-0.25, -0.2) is 9.78 Å². The van der Waals surface area contributed by atoms with Crippen molar-refractivity contribution < 1.29 is 9.90 Å². The highest BCUT2D eigenvalue weighted by atomic mass is 32.2. The number of nitrogens with one attached hydrogen (secondary N) is 1. The van der Waals surface area contributed by atoms with Crippen molar-refractivity contribution in [3.8, 4) is 0 Å². The lowest BCUT2D eigenvalue weighted by molar-refractivity contribution is 0.0697. The summed E-state index contributed by atoms with van der Waals surface area (Å²) in [6.45, 7) is 2.01. The Bertz CT molecular complexity index is 537. The van der Waals surface area contributed by atoms with Gasteiger partial charge in [-0.15, -0.1) is 5.10 Å². The maximum Gasteiger partial charge on any atom is 0.335 e. The molecule has 94 valence electrons. The average Bonchev–Trinajstić information content (AvgIpc) is 2.85. The van der Waals surface area contributed by atoms with Gasteiger partial charge in [-0.1, -0.05) is 30.8 Å². The second-order valence-electron chi connectivity index (χ2n) is 3.71. The van der Waals surface area contributed by atoms with Crippen LogP contribution in [0.4, 0.5) is 0 Å². The largest absolute Gasteiger partial charge is 0.478 e. The summed E-state index contributed by atoms with van der Waals surface area (Å²) in [6, 6.07) is 6.83. The van der Waals surface area contributed by atoms with E-state index in [0.717, 1.165) is 23.6 Å². The van der Waals surface area contributed by atoms with E-state index in [2.05, 4.69) is 15.2 Å². The SMILES string of the molecule is CCc1nc(SCc2ccc(C(=O)O)cc2)n[nH]1. The predicted octanol–water partition coefficient (Wildman–Crippen LogP) is 2.36. The predicted molar refractivity (Wildman–Crippen MR) is 68.7 cm³/mol. The molecule has 2 aromatic rings. The number of nitrogens with zero attached hydrogens (tertiary/aromatic N) is 2. The molecule has 2 rings (SSSR count). The highest BCUT2D eigenvalue weighted by Gasteiger charge is 2.04. The van der Waals surface area contributed by atoms with E-state index in [4.69, 9.17) is 5.11 Å². The van der Waals surface area contributed by atoms with Gasteiger partial charge in [-0.3, -0.25) is 5.10 Å². The molecule has 1 aromatic carbocycles. The number of benzene rings is 1. The summed E-state index contributed by atoms with van der Waals surface area (Å²) >= 11 is 1.52. The Morgan fingerprint density at radius 1 is 1.39 bits per heavy atom. The number of aromatic amines is 1. The molecular weight excluding hydrogens is 250 g/mol. The van der Waals surface area contributed by atoms with Gasteiger partial charge < -0.3 is 5.11 Å². The molecule has 0 atom stereocenters. The fourth-order valence-corrected chi connectivity index (χ4v) is 2.17. The van der Waals surface area contributed by atoms with Crippen LogP contribution in [0.5, 0.6) is 0 Å². The average molecular weight is 263 g/mol. The molecule has 0 saturated carbocycles. The van der Waals surface area contributed by atoms with E-state index < -0.39 is 5.97 Å². The van der Waals surface area contributed by atoms with Gasteiger partial charge in [0.05, 0.1) is 5.56 Å². The molecule has 0 spiro atoms. The summed E-state index contributed by atoms with van der Waals surface area (Å²) in [7, 11) is 0. The summed E-state index contributed by atoms with van der Waals surface area (Å²) in [5.74, 6) is 0.690. The Kier molecular flexibility index (Phi) is 3.99. The van der Waals surface area contributed by atoms with Crippen LogP contribution in [0.3, 0.4) is 0 Å². The van der Waals surface area contributed by atoms with Gasteiger partial charge in [0.15, 0.2) is 0 Å².